The van der Waals surface area contributed by atoms with E-state index < -0.39 is 0 Å². The third kappa shape index (κ3) is 5.66. The number of nitrogens with zero attached hydrogens (tertiary/aromatic N) is 2. The molecular weight excluding hydrogens is 701 g/mol. The average Bonchev–Trinajstić information content (AvgIpc) is 3.30. The molecule has 0 saturated heterocycles. The van der Waals surface area contributed by atoms with Crippen molar-refractivity contribution in [3.8, 4) is 11.1 Å². The van der Waals surface area contributed by atoms with Gasteiger partial charge in [0, 0.05) is 33.2 Å². The molecule has 0 saturated carbocycles. The van der Waals surface area contributed by atoms with Crippen molar-refractivity contribution < 1.29 is 0 Å². The SMILES string of the molecule is c1ccc(N(c2ccccc2)c2ccc(-c3cc4cc(N(c5cccc6ccccc56)c5cccc6ccccc56)c5ccccc5c4c4ccccc34)cc2)cc1. The summed E-state index contributed by atoms with van der Waals surface area (Å²) < 4.78 is 0. The third-order valence-electron chi connectivity index (χ3n) is 11.6. The van der Waals surface area contributed by atoms with Gasteiger partial charge in [-0.3, -0.25) is 0 Å². The quantitative estimate of drug-likeness (QED) is 0.150. The second-order valence-electron chi connectivity index (χ2n) is 14.9. The van der Waals surface area contributed by atoms with Crippen molar-refractivity contribution in [2.45, 2.75) is 0 Å². The minimum absolute atomic E-state index is 1.11. The van der Waals surface area contributed by atoms with Crippen molar-refractivity contribution >= 4 is 88.0 Å². The van der Waals surface area contributed by atoms with Gasteiger partial charge in [-0.05, 0) is 109 Å². The first-order valence-corrected chi connectivity index (χ1v) is 19.9. The van der Waals surface area contributed by atoms with Crippen LogP contribution in [-0.2, 0) is 0 Å². The zero-order valence-electron chi connectivity index (χ0n) is 31.8. The average molecular weight is 739 g/mol. The normalized spacial score (nSPS) is 11.4. The predicted octanol–water partition coefficient (Wildman–Crippen LogP) is 16.1. The second-order valence-corrected chi connectivity index (χ2v) is 14.9. The molecule has 0 atom stereocenters. The molecule has 0 unspecified atom stereocenters. The summed E-state index contributed by atoms with van der Waals surface area (Å²) in [5, 5.41) is 12.2. The molecule has 0 bridgehead atoms. The Hall–Kier alpha value is -7.68. The lowest BCUT2D eigenvalue weighted by molar-refractivity contribution is 1.28. The van der Waals surface area contributed by atoms with Crippen LogP contribution in [0.1, 0.15) is 0 Å². The minimum Gasteiger partial charge on any atom is -0.311 e. The van der Waals surface area contributed by atoms with Gasteiger partial charge in [-0.1, -0.05) is 170 Å². The maximum atomic E-state index is 2.50. The van der Waals surface area contributed by atoms with Gasteiger partial charge >= 0.3 is 0 Å². The molecular formula is C56H38N2. The molecule has 0 heterocycles. The number of benzene rings is 11. The summed E-state index contributed by atoms with van der Waals surface area (Å²) in [6.45, 7) is 0. The topological polar surface area (TPSA) is 6.48 Å². The van der Waals surface area contributed by atoms with Crippen molar-refractivity contribution in [2.24, 2.45) is 0 Å². The van der Waals surface area contributed by atoms with E-state index in [4.69, 9.17) is 0 Å². The summed E-state index contributed by atoms with van der Waals surface area (Å²) in [7, 11) is 0. The van der Waals surface area contributed by atoms with E-state index in [2.05, 4.69) is 240 Å². The summed E-state index contributed by atoms with van der Waals surface area (Å²) in [5.41, 5.74) is 9.20. The summed E-state index contributed by atoms with van der Waals surface area (Å²) in [5.74, 6) is 0. The largest absolute Gasteiger partial charge is 0.311 e. The standard InChI is InChI=1S/C56H38N2/c1-3-21-43(22-4-1)57(44-23-5-2-6-24-44)45-35-33-41(34-36-45)52-37-42-38-55(49-28-12-14-30-51(49)56(42)50-29-13-11-27-48(50)52)58(53-31-15-19-39-17-7-9-25-46(39)53)54-32-16-20-40-18-8-10-26-47(40)54/h1-38H. The molecule has 0 aliphatic carbocycles. The molecule has 11 rings (SSSR count). The lowest BCUT2D eigenvalue weighted by Crippen LogP contribution is -2.12. The zero-order valence-corrected chi connectivity index (χ0v) is 31.8. The van der Waals surface area contributed by atoms with E-state index in [1.165, 1.54) is 65.0 Å². The van der Waals surface area contributed by atoms with Gasteiger partial charge in [0.05, 0.1) is 17.1 Å². The van der Waals surface area contributed by atoms with Crippen LogP contribution < -0.4 is 9.80 Å². The molecule has 0 amide bonds. The molecule has 2 nitrogen and oxygen atoms in total. The Kier molecular flexibility index (Phi) is 8.19. The van der Waals surface area contributed by atoms with Crippen molar-refractivity contribution in [2.75, 3.05) is 9.80 Å². The molecule has 0 radical (unpaired) electrons. The fraction of sp³-hybridized carbons (Fsp3) is 0. The minimum atomic E-state index is 1.11. The molecule has 272 valence electrons. The van der Waals surface area contributed by atoms with Crippen LogP contribution in [0, 0.1) is 0 Å². The van der Waals surface area contributed by atoms with Crippen LogP contribution in [0.2, 0.25) is 0 Å². The smallest absolute Gasteiger partial charge is 0.0546 e. The Bertz CT molecular complexity index is 3150. The van der Waals surface area contributed by atoms with Gasteiger partial charge < -0.3 is 9.80 Å². The van der Waals surface area contributed by atoms with Gasteiger partial charge in [-0.2, -0.15) is 0 Å². The van der Waals surface area contributed by atoms with Crippen molar-refractivity contribution in [3.63, 3.8) is 0 Å². The molecule has 0 spiro atoms. The highest BCUT2D eigenvalue weighted by molar-refractivity contribution is 6.26. The monoisotopic (exact) mass is 738 g/mol. The summed E-state index contributed by atoms with van der Waals surface area (Å²) in [6, 6.07) is 83.7. The Morgan fingerprint density at radius 2 is 0.672 bits per heavy atom. The highest BCUT2D eigenvalue weighted by Crippen LogP contribution is 2.48. The molecule has 0 N–H and O–H groups in total. The van der Waals surface area contributed by atoms with E-state index in [0.29, 0.717) is 0 Å². The first kappa shape index (κ1) is 33.6. The van der Waals surface area contributed by atoms with Crippen LogP contribution in [0.4, 0.5) is 34.1 Å². The van der Waals surface area contributed by atoms with Gasteiger partial charge in [0.2, 0.25) is 0 Å². The van der Waals surface area contributed by atoms with Crippen LogP contribution in [0.5, 0.6) is 0 Å². The molecule has 0 aliphatic rings. The first-order valence-electron chi connectivity index (χ1n) is 19.9. The molecule has 2 heteroatoms. The molecule has 0 aliphatic heterocycles. The fourth-order valence-corrected chi connectivity index (χ4v) is 8.97. The highest BCUT2D eigenvalue weighted by Gasteiger charge is 2.22. The summed E-state index contributed by atoms with van der Waals surface area (Å²) in [4.78, 5) is 4.81. The zero-order chi connectivity index (χ0) is 38.4. The van der Waals surface area contributed by atoms with Crippen LogP contribution in [-0.4, -0.2) is 0 Å². The van der Waals surface area contributed by atoms with Gasteiger partial charge in [0.25, 0.3) is 0 Å². The molecule has 0 fully saturated rings. The Balaban J connectivity index is 1.16. The Morgan fingerprint density at radius 3 is 1.24 bits per heavy atom. The fourth-order valence-electron chi connectivity index (χ4n) is 8.97. The van der Waals surface area contributed by atoms with Gasteiger partial charge in [0.15, 0.2) is 0 Å². The van der Waals surface area contributed by atoms with E-state index in [9.17, 15) is 0 Å². The summed E-state index contributed by atoms with van der Waals surface area (Å²) >= 11 is 0. The predicted molar refractivity (Wildman–Crippen MR) is 249 cm³/mol. The maximum Gasteiger partial charge on any atom is 0.0546 e. The number of hydrogen-bond donors (Lipinski definition) is 0. The van der Waals surface area contributed by atoms with E-state index in [0.717, 1.165) is 34.1 Å². The van der Waals surface area contributed by atoms with Crippen LogP contribution >= 0.6 is 0 Å². The van der Waals surface area contributed by atoms with Crippen molar-refractivity contribution in [1.82, 2.24) is 0 Å². The first-order chi connectivity index (χ1) is 28.8. The second kappa shape index (κ2) is 14.1. The Morgan fingerprint density at radius 1 is 0.241 bits per heavy atom. The number of rotatable bonds is 7. The third-order valence-corrected chi connectivity index (χ3v) is 11.6. The Labute approximate surface area is 338 Å². The number of fused-ring (bicyclic) bond motifs is 7. The lowest BCUT2D eigenvalue weighted by Gasteiger charge is -2.30. The molecule has 11 aromatic rings. The number of para-hydroxylation sites is 2. The van der Waals surface area contributed by atoms with Crippen molar-refractivity contribution in [3.05, 3.63) is 231 Å². The van der Waals surface area contributed by atoms with Gasteiger partial charge in [0.1, 0.15) is 0 Å². The molecule has 58 heavy (non-hydrogen) atoms. The molecule has 0 aromatic heterocycles. The van der Waals surface area contributed by atoms with Gasteiger partial charge in [-0.15, -0.1) is 0 Å². The van der Waals surface area contributed by atoms with E-state index >= 15 is 0 Å². The van der Waals surface area contributed by atoms with Gasteiger partial charge in [-0.25, -0.2) is 0 Å². The van der Waals surface area contributed by atoms with E-state index in [-0.39, 0.29) is 0 Å². The van der Waals surface area contributed by atoms with Crippen molar-refractivity contribution in [1.29, 1.82) is 0 Å². The number of hydrogen-bond acceptors (Lipinski definition) is 2. The molecule has 11 aromatic carbocycles. The maximum absolute atomic E-state index is 2.50. The van der Waals surface area contributed by atoms with Crippen LogP contribution in [0.25, 0.3) is 65.0 Å². The lowest BCUT2D eigenvalue weighted by atomic mass is 9.89. The van der Waals surface area contributed by atoms with Crippen LogP contribution in [0.3, 0.4) is 0 Å². The summed E-state index contributed by atoms with van der Waals surface area (Å²) in [6.07, 6.45) is 0. The van der Waals surface area contributed by atoms with E-state index in [1.807, 2.05) is 0 Å². The highest BCUT2D eigenvalue weighted by atomic mass is 15.1. The van der Waals surface area contributed by atoms with Crippen LogP contribution in [0.15, 0.2) is 231 Å². The number of anilines is 6. The van der Waals surface area contributed by atoms with E-state index in [1.54, 1.807) is 0 Å².